The lowest BCUT2D eigenvalue weighted by Gasteiger charge is -2.36. The molecule has 0 radical (unpaired) electrons. The molecule has 1 heterocycles. The van der Waals surface area contributed by atoms with Gasteiger partial charge >= 0.3 is 0 Å². The van der Waals surface area contributed by atoms with Crippen LogP contribution in [0.15, 0.2) is 11.4 Å². The van der Waals surface area contributed by atoms with E-state index in [0.29, 0.717) is 6.04 Å². The average Bonchev–Trinajstić information content (AvgIpc) is 2.84. The van der Waals surface area contributed by atoms with Gasteiger partial charge in [0.1, 0.15) is 0 Å². The van der Waals surface area contributed by atoms with E-state index in [1.165, 1.54) is 43.5 Å². The highest BCUT2D eigenvalue weighted by Crippen LogP contribution is 2.43. The zero-order valence-electron chi connectivity index (χ0n) is 13.6. The van der Waals surface area contributed by atoms with Crippen molar-refractivity contribution in [2.24, 2.45) is 11.8 Å². The molecule has 1 nitrogen and oxygen atoms in total. The Morgan fingerprint density at radius 3 is 2.75 bits per heavy atom. The highest BCUT2D eigenvalue weighted by atomic mass is 32.1. The van der Waals surface area contributed by atoms with Crippen molar-refractivity contribution in [3.05, 3.63) is 21.9 Å². The first-order valence-corrected chi connectivity index (χ1v) is 9.26. The second-order valence-corrected chi connectivity index (χ2v) is 8.00. The van der Waals surface area contributed by atoms with Gasteiger partial charge in [0.05, 0.1) is 0 Å². The molecule has 2 heteroatoms. The normalized spacial score (nSPS) is 27.1. The fourth-order valence-corrected chi connectivity index (χ4v) is 4.46. The monoisotopic (exact) mass is 293 g/mol. The topological polar surface area (TPSA) is 12.0 Å². The molecule has 20 heavy (non-hydrogen) atoms. The van der Waals surface area contributed by atoms with Crippen molar-refractivity contribution in [1.82, 2.24) is 5.32 Å². The van der Waals surface area contributed by atoms with E-state index in [9.17, 15) is 0 Å². The molecule has 0 spiro atoms. The Hall–Kier alpha value is -0.340. The largest absolute Gasteiger partial charge is 0.314 e. The third-order valence-corrected chi connectivity index (χ3v) is 5.65. The summed E-state index contributed by atoms with van der Waals surface area (Å²) in [5.41, 5.74) is 1.61. The first-order chi connectivity index (χ1) is 9.60. The van der Waals surface area contributed by atoms with Gasteiger partial charge in [0.2, 0.25) is 0 Å². The van der Waals surface area contributed by atoms with Crippen LogP contribution in [0.5, 0.6) is 0 Å². The number of aryl methyl sites for hydroxylation is 1. The maximum atomic E-state index is 3.67. The Labute approximate surface area is 129 Å². The molecule has 2 rings (SSSR count). The van der Waals surface area contributed by atoms with E-state index in [1.54, 1.807) is 5.56 Å². The molecular formula is C18H31NS. The SMILES string of the molecule is CCCC1CCC(CNC(C)C)C(c2csc(C)c2)C1. The lowest BCUT2D eigenvalue weighted by atomic mass is 9.70. The molecule has 0 amide bonds. The van der Waals surface area contributed by atoms with Crippen LogP contribution in [0.25, 0.3) is 0 Å². The molecule has 0 aliphatic heterocycles. The molecule has 0 aromatic carbocycles. The standard InChI is InChI=1S/C18H31NS/c1-5-6-15-7-8-16(11-19-13(2)3)18(10-15)17-9-14(4)20-12-17/h9,12-13,15-16,18-19H,5-8,10-11H2,1-4H3. The summed E-state index contributed by atoms with van der Waals surface area (Å²) in [6, 6.07) is 3.04. The second-order valence-electron chi connectivity index (χ2n) is 6.89. The molecule has 0 bridgehead atoms. The molecular weight excluding hydrogens is 262 g/mol. The molecule has 3 unspecified atom stereocenters. The zero-order chi connectivity index (χ0) is 14.5. The molecule has 1 aromatic rings. The molecule has 114 valence electrons. The first-order valence-electron chi connectivity index (χ1n) is 8.38. The van der Waals surface area contributed by atoms with Crippen molar-refractivity contribution < 1.29 is 0 Å². The van der Waals surface area contributed by atoms with Crippen LogP contribution in [0.2, 0.25) is 0 Å². The van der Waals surface area contributed by atoms with E-state index in [0.717, 1.165) is 17.8 Å². The molecule has 3 atom stereocenters. The average molecular weight is 294 g/mol. The van der Waals surface area contributed by atoms with E-state index < -0.39 is 0 Å². The summed E-state index contributed by atoms with van der Waals surface area (Å²) in [4.78, 5) is 1.47. The van der Waals surface area contributed by atoms with Crippen molar-refractivity contribution >= 4 is 11.3 Å². The summed E-state index contributed by atoms with van der Waals surface area (Å²) in [6.07, 6.45) is 7.02. The minimum absolute atomic E-state index is 0.605. The number of hydrogen-bond acceptors (Lipinski definition) is 2. The predicted octanol–water partition coefficient (Wildman–Crippen LogP) is 5.35. The van der Waals surface area contributed by atoms with E-state index >= 15 is 0 Å². The van der Waals surface area contributed by atoms with Gasteiger partial charge in [-0.2, -0.15) is 0 Å². The van der Waals surface area contributed by atoms with Crippen molar-refractivity contribution in [3.63, 3.8) is 0 Å². The fraction of sp³-hybridized carbons (Fsp3) is 0.778. The van der Waals surface area contributed by atoms with Crippen LogP contribution < -0.4 is 5.32 Å². The quantitative estimate of drug-likeness (QED) is 0.745. The van der Waals surface area contributed by atoms with Crippen LogP contribution in [-0.4, -0.2) is 12.6 Å². The Morgan fingerprint density at radius 2 is 2.15 bits per heavy atom. The minimum Gasteiger partial charge on any atom is -0.314 e. The van der Waals surface area contributed by atoms with Crippen LogP contribution in [0.3, 0.4) is 0 Å². The maximum Gasteiger partial charge on any atom is 0.00171 e. The van der Waals surface area contributed by atoms with Crippen molar-refractivity contribution in [3.8, 4) is 0 Å². The molecule has 1 aromatic heterocycles. The third-order valence-electron chi connectivity index (χ3n) is 4.77. The van der Waals surface area contributed by atoms with Crippen molar-refractivity contribution in [2.75, 3.05) is 6.54 Å². The van der Waals surface area contributed by atoms with Crippen LogP contribution >= 0.6 is 11.3 Å². The van der Waals surface area contributed by atoms with Crippen molar-refractivity contribution in [1.29, 1.82) is 0 Å². The number of thiophene rings is 1. The van der Waals surface area contributed by atoms with E-state index in [1.807, 2.05) is 11.3 Å². The van der Waals surface area contributed by atoms with Crippen LogP contribution in [0, 0.1) is 18.8 Å². The van der Waals surface area contributed by atoms with Gasteiger partial charge < -0.3 is 5.32 Å². The lowest BCUT2D eigenvalue weighted by Crippen LogP contribution is -2.35. The molecule has 1 N–H and O–H groups in total. The third kappa shape index (κ3) is 4.33. The number of nitrogens with one attached hydrogen (secondary N) is 1. The zero-order valence-corrected chi connectivity index (χ0v) is 14.4. The number of rotatable bonds is 6. The Kier molecular flexibility index (Phi) is 6.10. The summed E-state index contributed by atoms with van der Waals surface area (Å²) in [5, 5.41) is 6.09. The van der Waals surface area contributed by atoms with Gasteiger partial charge in [-0.15, -0.1) is 11.3 Å². The van der Waals surface area contributed by atoms with E-state index in [-0.39, 0.29) is 0 Å². The van der Waals surface area contributed by atoms with Gasteiger partial charge in [0.25, 0.3) is 0 Å². The van der Waals surface area contributed by atoms with Crippen LogP contribution in [0.1, 0.15) is 69.2 Å². The Morgan fingerprint density at radius 1 is 1.35 bits per heavy atom. The fourth-order valence-electron chi connectivity index (χ4n) is 3.69. The number of hydrogen-bond donors (Lipinski definition) is 1. The maximum absolute atomic E-state index is 3.67. The minimum atomic E-state index is 0.605. The summed E-state index contributed by atoms with van der Waals surface area (Å²) < 4.78 is 0. The van der Waals surface area contributed by atoms with Gasteiger partial charge in [0.15, 0.2) is 0 Å². The summed E-state index contributed by atoms with van der Waals surface area (Å²) in [6.45, 7) is 10.3. The highest BCUT2D eigenvalue weighted by molar-refractivity contribution is 7.10. The second kappa shape index (κ2) is 7.61. The van der Waals surface area contributed by atoms with Crippen LogP contribution in [-0.2, 0) is 0 Å². The lowest BCUT2D eigenvalue weighted by molar-refractivity contribution is 0.218. The van der Waals surface area contributed by atoms with Gasteiger partial charge in [-0.25, -0.2) is 0 Å². The van der Waals surface area contributed by atoms with Gasteiger partial charge in [-0.05, 0) is 61.1 Å². The Bertz CT molecular complexity index is 396. The molecule has 0 saturated heterocycles. The summed E-state index contributed by atoms with van der Waals surface area (Å²) >= 11 is 1.92. The van der Waals surface area contributed by atoms with Gasteiger partial charge in [0, 0.05) is 10.9 Å². The van der Waals surface area contributed by atoms with Gasteiger partial charge in [-0.1, -0.05) is 40.0 Å². The smallest absolute Gasteiger partial charge is 0.00171 e. The highest BCUT2D eigenvalue weighted by Gasteiger charge is 2.31. The van der Waals surface area contributed by atoms with E-state index in [2.05, 4.69) is 44.5 Å². The van der Waals surface area contributed by atoms with E-state index in [4.69, 9.17) is 0 Å². The summed E-state index contributed by atoms with van der Waals surface area (Å²) in [7, 11) is 0. The van der Waals surface area contributed by atoms with Gasteiger partial charge in [-0.3, -0.25) is 0 Å². The molecule has 1 fully saturated rings. The van der Waals surface area contributed by atoms with Crippen molar-refractivity contribution in [2.45, 2.75) is 71.8 Å². The predicted molar refractivity (Wildman–Crippen MR) is 90.7 cm³/mol. The first kappa shape index (κ1) is 16.0. The molecule has 1 aliphatic rings. The Balaban J connectivity index is 2.05. The van der Waals surface area contributed by atoms with Crippen LogP contribution in [0.4, 0.5) is 0 Å². The molecule has 1 saturated carbocycles. The summed E-state index contributed by atoms with van der Waals surface area (Å²) in [5.74, 6) is 2.58. The molecule has 1 aliphatic carbocycles.